The first kappa shape index (κ1) is 13.1. The number of hydrogen-bond donors (Lipinski definition) is 1. The molecule has 0 saturated carbocycles. The smallest absolute Gasteiger partial charge is 0.307 e. The Balaban J connectivity index is 3.38. The highest BCUT2D eigenvalue weighted by atomic mass is 32.2. The summed E-state index contributed by atoms with van der Waals surface area (Å²) < 4.78 is 23.0. The summed E-state index contributed by atoms with van der Waals surface area (Å²) in [6.07, 6.45) is 2.68. The van der Waals surface area contributed by atoms with Gasteiger partial charge in [-0.2, -0.15) is 0 Å². The van der Waals surface area contributed by atoms with Gasteiger partial charge >= 0.3 is 5.97 Å². The van der Waals surface area contributed by atoms with Crippen LogP contribution in [0.4, 0.5) is 0 Å². The largest absolute Gasteiger partial charge is 0.481 e. The van der Waals surface area contributed by atoms with Crippen molar-refractivity contribution in [1.29, 1.82) is 0 Å². The Morgan fingerprint density at radius 3 is 2.50 bits per heavy atom. The molecule has 16 heavy (non-hydrogen) atoms. The van der Waals surface area contributed by atoms with Gasteiger partial charge in [0.2, 0.25) is 0 Å². The minimum atomic E-state index is -3.32. The van der Waals surface area contributed by atoms with Gasteiger partial charge in [-0.15, -0.1) is 11.8 Å². The van der Waals surface area contributed by atoms with E-state index in [0.717, 1.165) is 6.26 Å². The van der Waals surface area contributed by atoms with Crippen molar-refractivity contribution in [3.63, 3.8) is 0 Å². The second-order valence-electron chi connectivity index (χ2n) is 3.29. The summed E-state index contributed by atoms with van der Waals surface area (Å²) in [6, 6.07) is 4.69. The molecule has 0 aliphatic rings. The molecule has 0 spiro atoms. The van der Waals surface area contributed by atoms with E-state index in [0.29, 0.717) is 10.5 Å². The average Bonchev–Trinajstić information content (AvgIpc) is 2.15. The summed E-state index contributed by atoms with van der Waals surface area (Å²) in [7, 11) is -3.32. The molecular weight excluding hydrogens is 248 g/mol. The number of rotatable bonds is 4. The summed E-state index contributed by atoms with van der Waals surface area (Å²) in [4.78, 5) is 11.4. The zero-order chi connectivity index (χ0) is 12.3. The molecule has 0 aliphatic carbocycles. The van der Waals surface area contributed by atoms with Gasteiger partial charge in [-0.3, -0.25) is 4.79 Å². The number of hydrogen-bond acceptors (Lipinski definition) is 4. The van der Waals surface area contributed by atoms with Crippen LogP contribution in [0.2, 0.25) is 0 Å². The predicted octanol–water partition coefficient (Wildman–Crippen LogP) is 1.44. The SMILES string of the molecule is CSc1c(CC(=O)O)cccc1S(C)(=O)=O. The lowest BCUT2D eigenvalue weighted by Crippen LogP contribution is -2.06. The monoisotopic (exact) mass is 260 g/mol. The van der Waals surface area contributed by atoms with Crippen molar-refractivity contribution >= 4 is 27.6 Å². The summed E-state index contributed by atoms with van der Waals surface area (Å²) in [6.45, 7) is 0. The Labute approximate surface area is 98.6 Å². The minimum Gasteiger partial charge on any atom is -0.481 e. The molecule has 0 heterocycles. The molecule has 6 heteroatoms. The Morgan fingerprint density at radius 1 is 1.44 bits per heavy atom. The standard InChI is InChI=1S/C10H12O4S2/c1-15-10-7(6-9(11)12)4-3-5-8(10)16(2,13)14/h3-5H,6H2,1-2H3,(H,11,12). The summed E-state index contributed by atoms with van der Waals surface area (Å²) in [5.74, 6) is -0.971. The van der Waals surface area contributed by atoms with Crippen LogP contribution in [0.3, 0.4) is 0 Å². The molecule has 0 saturated heterocycles. The van der Waals surface area contributed by atoms with Crippen molar-refractivity contribution in [1.82, 2.24) is 0 Å². The first-order chi connectivity index (χ1) is 7.36. The number of carboxylic acids is 1. The summed E-state index contributed by atoms with van der Waals surface area (Å²) in [5, 5.41) is 8.72. The third-order valence-corrected chi connectivity index (χ3v) is 4.16. The summed E-state index contributed by atoms with van der Waals surface area (Å²) in [5.41, 5.74) is 0.530. The van der Waals surface area contributed by atoms with E-state index < -0.39 is 15.8 Å². The number of aliphatic carboxylic acids is 1. The third kappa shape index (κ3) is 2.99. The third-order valence-electron chi connectivity index (χ3n) is 2.01. The molecule has 0 amide bonds. The van der Waals surface area contributed by atoms with Gasteiger partial charge in [0.1, 0.15) is 0 Å². The highest BCUT2D eigenvalue weighted by Gasteiger charge is 2.16. The molecule has 1 aromatic rings. The van der Waals surface area contributed by atoms with E-state index in [-0.39, 0.29) is 11.3 Å². The minimum absolute atomic E-state index is 0.167. The molecule has 0 radical (unpaired) electrons. The van der Waals surface area contributed by atoms with Crippen molar-refractivity contribution in [3.05, 3.63) is 23.8 Å². The first-order valence-electron chi connectivity index (χ1n) is 4.44. The first-order valence-corrected chi connectivity index (χ1v) is 7.55. The van der Waals surface area contributed by atoms with E-state index in [1.54, 1.807) is 18.4 Å². The van der Waals surface area contributed by atoms with Gasteiger partial charge in [-0.25, -0.2) is 8.42 Å². The van der Waals surface area contributed by atoms with E-state index >= 15 is 0 Å². The normalized spacial score (nSPS) is 11.4. The quantitative estimate of drug-likeness (QED) is 0.829. The molecule has 1 aromatic carbocycles. The Morgan fingerprint density at radius 2 is 2.06 bits per heavy atom. The maximum absolute atomic E-state index is 11.5. The average molecular weight is 260 g/mol. The Kier molecular flexibility index (Phi) is 3.98. The van der Waals surface area contributed by atoms with E-state index in [1.807, 2.05) is 0 Å². The van der Waals surface area contributed by atoms with Crippen molar-refractivity contribution in [2.45, 2.75) is 16.2 Å². The predicted molar refractivity (Wildman–Crippen MR) is 62.7 cm³/mol. The van der Waals surface area contributed by atoms with Crippen LogP contribution in [0.15, 0.2) is 28.0 Å². The highest BCUT2D eigenvalue weighted by molar-refractivity contribution is 7.99. The molecule has 0 aliphatic heterocycles. The molecule has 88 valence electrons. The van der Waals surface area contributed by atoms with Gasteiger partial charge in [0.25, 0.3) is 0 Å². The zero-order valence-corrected chi connectivity index (χ0v) is 10.6. The number of sulfone groups is 1. The summed E-state index contributed by atoms with van der Waals surface area (Å²) >= 11 is 1.25. The van der Waals surface area contributed by atoms with Crippen LogP contribution >= 0.6 is 11.8 Å². The number of benzene rings is 1. The molecule has 0 unspecified atom stereocenters. The topological polar surface area (TPSA) is 71.4 Å². The van der Waals surface area contributed by atoms with Crippen molar-refractivity contribution in [3.8, 4) is 0 Å². The lowest BCUT2D eigenvalue weighted by Gasteiger charge is -2.09. The maximum Gasteiger partial charge on any atom is 0.307 e. The van der Waals surface area contributed by atoms with E-state index in [1.165, 1.54) is 17.8 Å². The van der Waals surface area contributed by atoms with Crippen LogP contribution in [0.25, 0.3) is 0 Å². The van der Waals surface area contributed by atoms with Gasteiger partial charge in [-0.1, -0.05) is 12.1 Å². The van der Waals surface area contributed by atoms with Crippen LogP contribution < -0.4 is 0 Å². The van der Waals surface area contributed by atoms with Gasteiger partial charge in [-0.05, 0) is 17.9 Å². The van der Waals surface area contributed by atoms with Gasteiger partial charge in [0.05, 0.1) is 11.3 Å². The number of carboxylic acid groups (broad SMARTS) is 1. The van der Waals surface area contributed by atoms with Crippen LogP contribution in [0, 0.1) is 0 Å². The van der Waals surface area contributed by atoms with Crippen molar-refractivity contribution in [2.75, 3.05) is 12.5 Å². The van der Waals surface area contributed by atoms with Gasteiger partial charge in [0, 0.05) is 11.2 Å². The van der Waals surface area contributed by atoms with E-state index in [9.17, 15) is 13.2 Å². The second-order valence-corrected chi connectivity index (χ2v) is 6.09. The lowest BCUT2D eigenvalue weighted by molar-refractivity contribution is -0.136. The zero-order valence-electron chi connectivity index (χ0n) is 8.93. The van der Waals surface area contributed by atoms with E-state index in [2.05, 4.69) is 0 Å². The lowest BCUT2D eigenvalue weighted by atomic mass is 10.1. The number of carbonyl (C=O) groups is 1. The molecule has 0 bridgehead atoms. The van der Waals surface area contributed by atoms with Gasteiger partial charge < -0.3 is 5.11 Å². The molecule has 0 aromatic heterocycles. The molecule has 0 atom stereocenters. The van der Waals surface area contributed by atoms with Crippen LogP contribution in [0.1, 0.15) is 5.56 Å². The highest BCUT2D eigenvalue weighted by Crippen LogP contribution is 2.28. The molecule has 4 nitrogen and oxygen atoms in total. The Bertz CT molecular complexity index is 506. The second kappa shape index (κ2) is 4.88. The molecule has 0 fully saturated rings. The van der Waals surface area contributed by atoms with Crippen LogP contribution in [-0.2, 0) is 21.1 Å². The fourth-order valence-corrected chi connectivity index (χ4v) is 3.56. The molecule has 1 rings (SSSR count). The fourth-order valence-electron chi connectivity index (χ4n) is 1.39. The molecule has 1 N–H and O–H groups in total. The van der Waals surface area contributed by atoms with Crippen molar-refractivity contribution in [2.24, 2.45) is 0 Å². The number of thioether (sulfide) groups is 1. The Hall–Kier alpha value is -1.01. The van der Waals surface area contributed by atoms with Gasteiger partial charge in [0.15, 0.2) is 9.84 Å². The van der Waals surface area contributed by atoms with Crippen molar-refractivity contribution < 1.29 is 18.3 Å². The fraction of sp³-hybridized carbons (Fsp3) is 0.300. The van der Waals surface area contributed by atoms with Crippen LogP contribution in [0.5, 0.6) is 0 Å². The van der Waals surface area contributed by atoms with E-state index in [4.69, 9.17) is 5.11 Å². The van der Waals surface area contributed by atoms with Crippen LogP contribution in [-0.4, -0.2) is 32.0 Å². The maximum atomic E-state index is 11.5. The molecular formula is C10H12O4S2.